The van der Waals surface area contributed by atoms with Crippen LogP contribution in [-0.4, -0.2) is 16.8 Å². The fourth-order valence-corrected chi connectivity index (χ4v) is 3.18. The third-order valence-corrected chi connectivity index (χ3v) is 4.66. The van der Waals surface area contributed by atoms with Crippen molar-refractivity contribution in [2.75, 3.05) is 5.32 Å². The van der Waals surface area contributed by atoms with Crippen LogP contribution in [0.15, 0.2) is 54.6 Å². The van der Waals surface area contributed by atoms with Crippen LogP contribution in [0, 0.1) is 6.92 Å². The van der Waals surface area contributed by atoms with E-state index in [2.05, 4.69) is 10.3 Å². The van der Waals surface area contributed by atoms with Gasteiger partial charge in [0.05, 0.1) is 5.69 Å². The summed E-state index contributed by atoms with van der Waals surface area (Å²) in [5.74, 6) is -0.724. The minimum atomic E-state index is -0.501. The third kappa shape index (κ3) is 3.33. The summed E-state index contributed by atoms with van der Waals surface area (Å²) in [5.41, 5.74) is 7.86. The molecule has 0 fully saturated rings. The van der Waals surface area contributed by atoms with Gasteiger partial charge in [0, 0.05) is 16.8 Å². The average Bonchev–Trinajstić information content (AvgIpc) is 2.98. The molecule has 0 radical (unpaired) electrons. The molecule has 1 aromatic heterocycles. The molecular weight excluding hydrogens is 322 g/mol. The zero-order valence-corrected chi connectivity index (χ0v) is 13.8. The van der Waals surface area contributed by atoms with Gasteiger partial charge in [-0.05, 0) is 31.2 Å². The molecule has 6 heteroatoms. The number of aryl methyl sites for hydroxylation is 1. The van der Waals surface area contributed by atoms with Gasteiger partial charge in [-0.3, -0.25) is 9.59 Å². The second kappa shape index (κ2) is 6.64. The lowest BCUT2D eigenvalue weighted by atomic mass is 10.2. The largest absolute Gasteiger partial charge is 0.366 e. The predicted octanol–water partition coefficient (Wildman–Crippen LogP) is 3.47. The highest BCUT2D eigenvalue weighted by Crippen LogP contribution is 2.28. The first-order chi connectivity index (χ1) is 11.5. The molecule has 2 aromatic carbocycles. The van der Waals surface area contributed by atoms with Crippen LogP contribution in [0.2, 0.25) is 0 Å². The van der Waals surface area contributed by atoms with E-state index in [9.17, 15) is 9.59 Å². The van der Waals surface area contributed by atoms with E-state index in [4.69, 9.17) is 5.73 Å². The molecule has 0 saturated carbocycles. The monoisotopic (exact) mass is 337 g/mol. The minimum Gasteiger partial charge on any atom is -0.366 e. The SMILES string of the molecule is Cc1nc(-c2ccccc2)sc1C(=O)Nc1ccc(C(N)=O)cc1. The van der Waals surface area contributed by atoms with Gasteiger partial charge >= 0.3 is 0 Å². The summed E-state index contributed by atoms with van der Waals surface area (Å²) in [6.45, 7) is 1.81. The molecule has 120 valence electrons. The molecule has 0 unspecified atom stereocenters. The van der Waals surface area contributed by atoms with Crippen molar-refractivity contribution in [2.45, 2.75) is 6.92 Å². The number of carbonyl (C=O) groups excluding carboxylic acids is 2. The maximum atomic E-state index is 12.5. The van der Waals surface area contributed by atoms with Gasteiger partial charge in [-0.25, -0.2) is 4.98 Å². The van der Waals surface area contributed by atoms with Crippen LogP contribution in [0.25, 0.3) is 10.6 Å². The van der Waals surface area contributed by atoms with Gasteiger partial charge in [0.2, 0.25) is 5.91 Å². The Morgan fingerprint density at radius 1 is 1.04 bits per heavy atom. The number of hydrogen-bond acceptors (Lipinski definition) is 4. The summed E-state index contributed by atoms with van der Waals surface area (Å²) >= 11 is 1.35. The van der Waals surface area contributed by atoms with Crippen molar-refractivity contribution < 1.29 is 9.59 Å². The van der Waals surface area contributed by atoms with Gasteiger partial charge in [-0.15, -0.1) is 11.3 Å². The highest BCUT2D eigenvalue weighted by molar-refractivity contribution is 7.17. The van der Waals surface area contributed by atoms with E-state index in [1.807, 2.05) is 37.3 Å². The maximum Gasteiger partial charge on any atom is 0.267 e. The van der Waals surface area contributed by atoms with Crippen molar-refractivity contribution in [1.82, 2.24) is 4.98 Å². The van der Waals surface area contributed by atoms with Crippen molar-refractivity contribution in [3.8, 4) is 10.6 Å². The number of nitrogens with zero attached hydrogens (tertiary/aromatic N) is 1. The summed E-state index contributed by atoms with van der Waals surface area (Å²) < 4.78 is 0. The van der Waals surface area contributed by atoms with Crippen LogP contribution < -0.4 is 11.1 Å². The number of anilines is 1. The van der Waals surface area contributed by atoms with Crippen molar-refractivity contribution >= 4 is 28.8 Å². The Kier molecular flexibility index (Phi) is 4.39. The van der Waals surface area contributed by atoms with Crippen molar-refractivity contribution in [1.29, 1.82) is 0 Å². The van der Waals surface area contributed by atoms with E-state index in [-0.39, 0.29) is 5.91 Å². The number of aromatic nitrogens is 1. The Bertz CT molecular complexity index is 886. The summed E-state index contributed by atoms with van der Waals surface area (Å²) in [7, 11) is 0. The molecule has 3 aromatic rings. The van der Waals surface area contributed by atoms with E-state index in [1.165, 1.54) is 11.3 Å². The van der Waals surface area contributed by atoms with Gasteiger partial charge in [0.1, 0.15) is 9.88 Å². The molecular formula is C18H15N3O2S. The van der Waals surface area contributed by atoms with Gasteiger partial charge in [0.15, 0.2) is 0 Å². The van der Waals surface area contributed by atoms with Crippen molar-refractivity contribution in [3.63, 3.8) is 0 Å². The van der Waals surface area contributed by atoms with E-state index >= 15 is 0 Å². The standard InChI is InChI=1S/C18H15N3O2S/c1-11-15(24-18(20-11)13-5-3-2-4-6-13)17(23)21-14-9-7-12(8-10-14)16(19)22/h2-10H,1H3,(H2,19,22)(H,21,23). The normalized spacial score (nSPS) is 10.4. The number of hydrogen-bond donors (Lipinski definition) is 2. The van der Waals surface area contributed by atoms with Crippen molar-refractivity contribution in [3.05, 3.63) is 70.7 Å². The Balaban J connectivity index is 1.80. The topological polar surface area (TPSA) is 85.1 Å². The first-order valence-electron chi connectivity index (χ1n) is 7.28. The Labute approximate surface area is 143 Å². The van der Waals surface area contributed by atoms with Gasteiger partial charge in [-0.1, -0.05) is 30.3 Å². The van der Waals surface area contributed by atoms with E-state index in [0.29, 0.717) is 21.8 Å². The molecule has 0 aliphatic heterocycles. The highest BCUT2D eigenvalue weighted by Gasteiger charge is 2.16. The summed E-state index contributed by atoms with van der Waals surface area (Å²) in [5, 5.41) is 3.62. The molecule has 3 rings (SSSR count). The second-order valence-corrected chi connectivity index (χ2v) is 6.19. The van der Waals surface area contributed by atoms with Crippen LogP contribution in [0.3, 0.4) is 0 Å². The quantitative estimate of drug-likeness (QED) is 0.764. The number of thiazole rings is 1. The molecule has 0 bridgehead atoms. The summed E-state index contributed by atoms with van der Waals surface area (Å²) in [4.78, 5) is 28.6. The molecule has 0 saturated heterocycles. The van der Waals surface area contributed by atoms with Gasteiger partial charge in [-0.2, -0.15) is 0 Å². The third-order valence-electron chi connectivity index (χ3n) is 3.45. The Morgan fingerprint density at radius 3 is 2.33 bits per heavy atom. The number of nitrogens with two attached hydrogens (primary N) is 1. The maximum absolute atomic E-state index is 12.5. The number of carbonyl (C=O) groups is 2. The Morgan fingerprint density at radius 2 is 1.71 bits per heavy atom. The molecule has 24 heavy (non-hydrogen) atoms. The first kappa shape index (κ1) is 15.9. The fourth-order valence-electron chi connectivity index (χ4n) is 2.22. The number of amides is 2. The predicted molar refractivity (Wildman–Crippen MR) is 95.2 cm³/mol. The molecule has 2 amide bonds. The second-order valence-electron chi connectivity index (χ2n) is 5.20. The summed E-state index contributed by atoms with van der Waals surface area (Å²) in [6.07, 6.45) is 0. The fraction of sp³-hybridized carbons (Fsp3) is 0.0556. The van der Waals surface area contributed by atoms with Crippen LogP contribution in [0.4, 0.5) is 5.69 Å². The summed E-state index contributed by atoms with van der Waals surface area (Å²) in [6, 6.07) is 16.2. The smallest absolute Gasteiger partial charge is 0.267 e. The van der Waals surface area contributed by atoms with Crippen LogP contribution in [0.1, 0.15) is 25.7 Å². The van der Waals surface area contributed by atoms with Crippen LogP contribution in [-0.2, 0) is 0 Å². The van der Waals surface area contributed by atoms with E-state index in [1.54, 1.807) is 24.3 Å². The van der Waals surface area contributed by atoms with Crippen molar-refractivity contribution in [2.24, 2.45) is 5.73 Å². The lowest BCUT2D eigenvalue weighted by Gasteiger charge is -2.04. The molecule has 1 heterocycles. The van der Waals surface area contributed by atoms with E-state index < -0.39 is 5.91 Å². The minimum absolute atomic E-state index is 0.223. The average molecular weight is 337 g/mol. The zero-order valence-electron chi connectivity index (χ0n) is 12.9. The Hall–Kier alpha value is -2.99. The van der Waals surface area contributed by atoms with Crippen LogP contribution in [0.5, 0.6) is 0 Å². The number of nitrogens with one attached hydrogen (secondary N) is 1. The molecule has 0 spiro atoms. The molecule has 0 aliphatic rings. The number of benzene rings is 2. The highest BCUT2D eigenvalue weighted by atomic mass is 32.1. The lowest BCUT2D eigenvalue weighted by Crippen LogP contribution is -2.13. The molecule has 0 aliphatic carbocycles. The lowest BCUT2D eigenvalue weighted by molar-refractivity contribution is 0.0998. The van der Waals surface area contributed by atoms with Gasteiger partial charge < -0.3 is 11.1 Å². The van der Waals surface area contributed by atoms with E-state index in [0.717, 1.165) is 10.6 Å². The van der Waals surface area contributed by atoms with Crippen LogP contribution >= 0.6 is 11.3 Å². The number of primary amides is 1. The molecule has 3 N–H and O–H groups in total. The van der Waals surface area contributed by atoms with Gasteiger partial charge in [0.25, 0.3) is 5.91 Å². The molecule has 5 nitrogen and oxygen atoms in total. The number of rotatable bonds is 4. The molecule has 0 atom stereocenters. The first-order valence-corrected chi connectivity index (χ1v) is 8.10. The zero-order chi connectivity index (χ0) is 17.1.